The Hall–Kier alpha value is -3.09. The summed E-state index contributed by atoms with van der Waals surface area (Å²) in [6, 6.07) is 7.32. The number of halogens is 1. The smallest absolute Gasteiger partial charge is 0.255 e. The van der Waals surface area contributed by atoms with Crippen LogP contribution < -0.4 is 9.62 Å². The van der Waals surface area contributed by atoms with Crippen LogP contribution in [0.15, 0.2) is 47.4 Å². The van der Waals surface area contributed by atoms with Gasteiger partial charge in [-0.05, 0) is 55.7 Å². The van der Waals surface area contributed by atoms with Gasteiger partial charge >= 0.3 is 0 Å². The Morgan fingerprint density at radius 2 is 1.85 bits per heavy atom. The highest BCUT2D eigenvalue weighted by Crippen LogP contribution is 2.35. The van der Waals surface area contributed by atoms with Crippen molar-refractivity contribution in [3.05, 3.63) is 59.9 Å². The first-order valence-electron chi connectivity index (χ1n) is 12.6. The quantitative estimate of drug-likeness (QED) is 0.312. The number of hydrogen-bond acceptors (Lipinski definition) is 6. The van der Waals surface area contributed by atoms with E-state index < -0.39 is 26.8 Å². The van der Waals surface area contributed by atoms with Crippen LogP contribution >= 0.6 is 0 Å². The Kier molecular flexibility index (Phi) is 11.8. The third-order valence-corrected chi connectivity index (χ3v) is 8.05. The van der Waals surface area contributed by atoms with Crippen LogP contribution in [0.1, 0.15) is 42.6 Å². The highest BCUT2D eigenvalue weighted by atomic mass is 32.2. The summed E-state index contributed by atoms with van der Waals surface area (Å²) in [5, 5.41) is 3.07. The van der Waals surface area contributed by atoms with E-state index >= 15 is 0 Å². The van der Waals surface area contributed by atoms with Gasteiger partial charge < -0.3 is 9.73 Å². The van der Waals surface area contributed by atoms with Crippen LogP contribution in [0, 0.1) is 12.7 Å². The first-order valence-corrected chi connectivity index (χ1v) is 15.9. The van der Waals surface area contributed by atoms with E-state index in [0.717, 1.165) is 6.26 Å². The zero-order chi connectivity index (χ0) is 29.3. The van der Waals surface area contributed by atoms with Gasteiger partial charge in [-0.1, -0.05) is 19.9 Å². The van der Waals surface area contributed by atoms with E-state index in [1.54, 1.807) is 23.4 Å². The second kappa shape index (κ2) is 14.3. The lowest BCUT2D eigenvalue weighted by Crippen LogP contribution is -2.35. The average molecular weight is 581 g/mol. The molecule has 0 aliphatic heterocycles. The molecule has 3 rings (SSSR count). The fourth-order valence-electron chi connectivity index (χ4n) is 3.95. The molecule has 0 fully saturated rings. The van der Waals surface area contributed by atoms with Gasteiger partial charge in [0.15, 0.2) is 0 Å². The molecular weight excluding hydrogens is 543 g/mol. The first kappa shape index (κ1) is 32.1. The summed E-state index contributed by atoms with van der Waals surface area (Å²) in [6.45, 7) is 10.3. The average Bonchev–Trinajstić information content (AvgIpc) is 3.26. The van der Waals surface area contributed by atoms with Gasteiger partial charge in [-0.2, -0.15) is 4.98 Å². The predicted molar refractivity (Wildman–Crippen MR) is 156 cm³/mol. The zero-order valence-electron chi connectivity index (χ0n) is 23.3. The first-order chi connectivity index (χ1) is 18.5. The summed E-state index contributed by atoms with van der Waals surface area (Å²) in [5.41, 5.74) is 1.60. The molecule has 3 aromatic rings. The minimum Gasteiger partial charge on any atom is -0.437 e. The van der Waals surface area contributed by atoms with Crippen molar-refractivity contribution in [2.24, 2.45) is 0 Å². The highest BCUT2D eigenvalue weighted by Gasteiger charge is 2.25. The van der Waals surface area contributed by atoms with Crippen LogP contribution in [-0.2, 0) is 21.0 Å². The summed E-state index contributed by atoms with van der Waals surface area (Å²) < 4.78 is 59.3. The molecule has 1 amide bonds. The summed E-state index contributed by atoms with van der Waals surface area (Å²) in [6.07, 6.45) is 5.26. The molecule has 0 spiro atoms. The molecule has 0 saturated heterocycles. The largest absolute Gasteiger partial charge is 0.437 e. The highest BCUT2D eigenvalue weighted by molar-refractivity contribution is 7.88. The number of carbonyl (C=O) groups excluding carboxylic acids is 1. The number of nitrogens with zero attached hydrogens (tertiary/aromatic N) is 3. The van der Waals surface area contributed by atoms with Crippen LogP contribution in [0.5, 0.6) is 0 Å². The van der Waals surface area contributed by atoms with Crippen molar-refractivity contribution < 1.29 is 26.2 Å². The Bertz CT molecular complexity index is 1420. The molecule has 39 heavy (non-hydrogen) atoms. The van der Waals surface area contributed by atoms with Gasteiger partial charge in [0.05, 0.1) is 17.2 Å². The van der Waals surface area contributed by atoms with E-state index in [4.69, 9.17) is 4.42 Å². The SMILES string of the molecule is C=CCCN(CCCN(c1nc2oc(-c3ccc(F)cc3)c(C(=O)NC)c2cc1C)S(C)=O)S(C)(=O)=O.CC. The minimum atomic E-state index is -3.40. The number of anilines is 1. The van der Waals surface area contributed by atoms with E-state index in [2.05, 4.69) is 16.9 Å². The Balaban J connectivity index is 0.00000260. The maximum atomic E-state index is 13.5. The molecule has 12 heteroatoms. The number of nitrogens with one attached hydrogen (secondary N) is 1. The molecule has 2 aromatic heterocycles. The van der Waals surface area contributed by atoms with Crippen LogP contribution in [-0.4, -0.2) is 67.0 Å². The Morgan fingerprint density at radius 1 is 1.21 bits per heavy atom. The van der Waals surface area contributed by atoms with E-state index in [9.17, 15) is 21.8 Å². The lowest BCUT2D eigenvalue weighted by Gasteiger charge is -2.24. The number of furan rings is 1. The Morgan fingerprint density at radius 3 is 2.38 bits per heavy atom. The lowest BCUT2D eigenvalue weighted by atomic mass is 10.0. The van der Waals surface area contributed by atoms with Crippen molar-refractivity contribution in [3.63, 3.8) is 0 Å². The van der Waals surface area contributed by atoms with E-state index in [1.165, 1.54) is 41.9 Å². The number of fused-ring (bicyclic) bond motifs is 1. The van der Waals surface area contributed by atoms with Gasteiger partial charge in [0, 0.05) is 38.5 Å². The van der Waals surface area contributed by atoms with Crippen molar-refractivity contribution in [1.82, 2.24) is 14.6 Å². The molecule has 0 saturated carbocycles. The van der Waals surface area contributed by atoms with Crippen molar-refractivity contribution in [1.29, 1.82) is 0 Å². The number of aryl methyl sites for hydroxylation is 1. The standard InChI is InChI=1S/C25H31FN4O5S2.C2H6/c1-6-7-13-29(37(5,33)34)14-8-15-30(36(4)32)23-17(2)16-20-21(24(31)27-3)22(35-25(20)28-23)18-9-11-19(26)12-10-18;1-2/h6,9-12,16H,1,7-8,13-15H2,2-5H3,(H,27,31);1-2H3. The number of amides is 1. The van der Waals surface area contributed by atoms with Gasteiger partial charge in [-0.25, -0.2) is 21.3 Å². The summed E-state index contributed by atoms with van der Waals surface area (Å²) in [4.78, 5) is 17.4. The van der Waals surface area contributed by atoms with Gasteiger partial charge in [0.25, 0.3) is 5.91 Å². The molecule has 214 valence electrons. The molecule has 1 unspecified atom stereocenters. The predicted octanol–water partition coefficient (Wildman–Crippen LogP) is 4.66. The molecule has 9 nitrogen and oxygen atoms in total. The number of carbonyl (C=O) groups is 1. The molecule has 0 radical (unpaired) electrons. The van der Waals surface area contributed by atoms with Crippen LogP contribution in [0.2, 0.25) is 0 Å². The number of rotatable bonds is 12. The molecule has 0 aliphatic rings. The number of benzene rings is 1. The maximum Gasteiger partial charge on any atom is 0.255 e. The minimum absolute atomic E-state index is 0.165. The fraction of sp³-hybridized carbons (Fsp3) is 0.407. The number of aromatic nitrogens is 1. The second-order valence-electron chi connectivity index (χ2n) is 8.49. The van der Waals surface area contributed by atoms with Crippen molar-refractivity contribution in [2.75, 3.05) is 43.5 Å². The molecule has 1 N–H and O–H groups in total. The molecule has 0 bridgehead atoms. The second-order valence-corrected chi connectivity index (χ2v) is 11.8. The number of sulfonamides is 1. The molecule has 1 atom stereocenters. The molecular formula is C27H37FN4O5S2. The topological polar surface area (TPSA) is 113 Å². The van der Waals surface area contributed by atoms with E-state index in [-0.39, 0.29) is 36.0 Å². The van der Waals surface area contributed by atoms with Crippen molar-refractivity contribution >= 4 is 43.8 Å². The van der Waals surface area contributed by atoms with Gasteiger partial charge in [-0.15, -0.1) is 6.58 Å². The molecule has 1 aromatic carbocycles. The van der Waals surface area contributed by atoms with Crippen molar-refractivity contribution in [3.8, 4) is 11.3 Å². The monoisotopic (exact) mass is 580 g/mol. The number of hydrogen-bond donors (Lipinski definition) is 1. The maximum absolute atomic E-state index is 13.5. The molecule has 2 heterocycles. The van der Waals surface area contributed by atoms with Gasteiger partial charge in [0.2, 0.25) is 15.7 Å². The third-order valence-electron chi connectivity index (χ3n) is 5.77. The van der Waals surface area contributed by atoms with Crippen molar-refractivity contribution in [2.45, 2.75) is 33.6 Å². The summed E-state index contributed by atoms with van der Waals surface area (Å²) in [7, 11) is -3.37. The van der Waals surface area contributed by atoms with E-state index in [1.807, 2.05) is 13.8 Å². The van der Waals surface area contributed by atoms with Crippen LogP contribution in [0.4, 0.5) is 10.2 Å². The van der Waals surface area contributed by atoms with E-state index in [0.29, 0.717) is 41.7 Å². The zero-order valence-corrected chi connectivity index (χ0v) is 24.9. The summed E-state index contributed by atoms with van der Waals surface area (Å²) in [5.74, 6) is -0.164. The summed E-state index contributed by atoms with van der Waals surface area (Å²) >= 11 is 0. The van der Waals surface area contributed by atoms with Gasteiger partial charge in [0.1, 0.15) is 28.4 Å². The fourth-order valence-corrected chi connectivity index (χ4v) is 5.66. The lowest BCUT2D eigenvalue weighted by molar-refractivity contribution is 0.0964. The van der Waals surface area contributed by atoms with Crippen LogP contribution in [0.25, 0.3) is 22.4 Å². The Labute approximate surface area is 232 Å². The number of pyridine rings is 1. The van der Waals surface area contributed by atoms with Crippen LogP contribution in [0.3, 0.4) is 0 Å². The van der Waals surface area contributed by atoms with Gasteiger partial charge in [-0.3, -0.25) is 9.10 Å². The third kappa shape index (κ3) is 7.96. The normalized spacial score (nSPS) is 12.1. The molecule has 0 aliphatic carbocycles.